The Morgan fingerprint density at radius 2 is 2.44 bits per heavy atom. The first-order valence-electron chi connectivity index (χ1n) is 5.95. The van der Waals surface area contributed by atoms with Crippen LogP contribution in [-0.4, -0.2) is 16.1 Å². The number of nitrogens with one attached hydrogen (secondary N) is 2. The predicted molar refractivity (Wildman–Crippen MR) is 61.7 cm³/mol. The van der Waals surface area contributed by atoms with Gasteiger partial charge in [-0.2, -0.15) is 5.10 Å². The summed E-state index contributed by atoms with van der Waals surface area (Å²) in [5, 5.41) is 9.80. The minimum Gasteiger partial charge on any atom is -0.352 e. The zero-order chi connectivity index (χ0) is 11.5. The minimum atomic E-state index is 0.200. The summed E-state index contributed by atoms with van der Waals surface area (Å²) in [5.74, 6) is 0.947. The Hall–Kier alpha value is -1.32. The molecule has 0 aliphatic heterocycles. The standard InChI is InChI=1S/C12H19N3O/c1-8-4-3-5-11(8)12(16)13-6-10-7-14-15-9(10)2/h7-8,11H,3-6H2,1-2H3,(H,13,16)(H,14,15). The van der Waals surface area contributed by atoms with E-state index in [1.165, 1.54) is 12.8 Å². The number of aryl methyl sites for hydroxylation is 1. The van der Waals surface area contributed by atoms with Gasteiger partial charge in [0.25, 0.3) is 0 Å². The molecule has 4 heteroatoms. The fourth-order valence-electron chi connectivity index (χ4n) is 2.40. The molecule has 0 bridgehead atoms. The van der Waals surface area contributed by atoms with Crippen molar-refractivity contribution >= 4 is 5.91 Å². The molecule has 1 aromatic rings. The number of hydrogen-bond donors (Lipinski definition) is 2. The summed E-state index contributed by atoms with van der Waals surface area (Å²) in [6.07, 6.45) is 5.18. The van der Waals surface area contributed by atoms with Crippen LogP contribution in [0, 0.1) is 18.8 Å². The molecule has 0 spiro atoms. The van der Waals surface area contributed by atoms with Crippen molar-refractivity contribution in [3.63, 3.8) is 0 Å². The van der Waals surface area contributed by atoms with Crippen LogP contribution in [0.2, 0.25) is 0 Å². The van der Waals surface area contributed by atoms with Crippen LogP contribution in [0.25, 0.3) is 0 Å². The van der Waals surface area contributed by atoms with E-state index in [2.05, 4.69) is 22.4 Å². The number of aromatic amines is 1. The maximum atomic E-state index is 11.9. The van der Waals surface area contributed by atoms with E-state index in [9.17, 15) is 4.79 Å². The average Bonchev–Trinajstić information content (AvgIpc) is 2.84. The number of carbonyl (C=O) groups excluding carboxylic acids is 1. The molecular formula is C12H19N3O. The highest BCUT2D eigenvalue weighted by Crippen LogP contribution is 2.31. The van der Waals surface area contributed by atoms with Gasteiger partial charge in [-0.25, -0.2) is 0 Å². The predicted octanol–water partition coefficient (Wildman–Crippen LogP) is 1.77. The number of amides is 1. The molecule has 88 valence electrons. The first-order valence-corrected chi connectivity index (χ1v) is 5.95. The highest BCUT2D eigenvalue weighted by molar-refractivity contribution is 5.79. The molecule has 1 fully saturated rings. The van der Waals surface area contributed by atoms with Gasteiger partial charge >= 0.3 is 0 Å². The molecule has 4 nitrogen and oxygen atoms in total. The second kappa shape index (κ2) is 4.68. The van der Waals surface area contributed by atoms with Gasteiger partial charge in [0.1, 0.15) is 0 Å². The van der Waals surface area contributed by atoms with E-state index in [1.807, 2.05) is 6.92 Å². The summed E-state index contributed by atoms with van der Waals surface area (Å²) in [5.41, 5.74) is 2.10. The van der Waals surface area contributed by atoms with Gasteiger partial charge in [-0.15, -0.1) is 0 Å². The van der Waals surface area contributed by atoms with Gasteiger partial charge in [-0.1, -0.05) is 13.3 Å². The van der Waals surface area contributed by atoms with E-state index in [4.69, 9.17) is 0 Å². The van der Waals surface area contributed by atoms with Crippen molar-refractivity contribution in [3.05, 3.63) is 17.5 Å². The topological polar surface area (TPSA) is 57.8 Å². The molecule has 1 amide bonds. The van der Waals surface area contributed by atoms with Gasteiger partial charge in [-0.05, 0) is 25.7 Å². The lowest BCUT2D eigenvalue weighted by atomic mass is 9.97. The molecule has 1 aromatic heterocycles. The number of hydrogen-bond acceptors (Lipinski definition) is 2. The molecule has 1 aliphatic carbocycles. The van der Waals surface area contributed by atoms with E-state index in [1.54, 1.807) is 6.20 Å². The van der Waals surface area contributed by atoms with Crippen molar-refractivity contribution in [2.45, 2.75) is 39.7 Å². The van der Waals surface area contributed by atoms with Gasteiger partial charge in [0, 0.05) is 23.7 Å². The van der Waals surface area contributed by atoms with Crippen LogP contribution in [0.1, 0.15) is 37.4 Å². The Morgan fingerprint density at radius 3 is 3.00 bits per heavy atom. The zero-order valence-corrected chi connectivity index (χ0v) is 9.92. The lowest BCUT2D eigenvalue weighted by Crippen LogP contribution is -2.31. The second-order valence-electron chi connectivity index (χ2n) is 4.75. The molecule has 2 atom stereocenters. The summed E-state index contributed by atoms with van der Waals surface area (Å²) in [6.45, 7) is 4.72. The number of aromatic nitrogens is 2. The van der Waals surface area contributed by atoms with Crippen molar-refractivity contribution in [2.24, 2.45) is 11.8 Å². The lowest BCUT2D eigenvalue weighted by Gasteiger charge is -2.14. The van der Waals surface area contributed by atoms with Crippen LogP contribution in [0.5, 0.6) is 0 Å². The van der Waals surface area contributed by atoms with E-state index in [0.717, 1.165) is 17.7 Å². The molecule has 2 unspecified atom stereocenters. The Morgan fingerprint density at radius 1 is 1.62 bits per heavy atom. The third-order valence-corrected chi connectivity index (χ3v) is 3.59. The number of rotatable bonds is 3. The third-order valence-electron chi connectivity index (χ3n) is 3.59. The fourth-order valence-corrected chi connectivity index (χ4v) is 2.40. The Labute approximate surface area is 95.8 Å². The monoisotopic (exact) mass is 221 g/mol. The number of H-pyrrole nitrogens is 1. The SMILES string of the molecule is Cc1[nH]ncc1CNC(=O)C1CCCC1C. The molecule has 1 heterocycles. The lowest BCUT2D eigenvalue weighted by molar-refractivity contribution is -0.126. The molecule has 0 radical (unpaired) electrons. The van der Waals surface area contributed by atoms with E-state index < -0.39 is 0 Å². The van der Waals surface area contributed by atoms with E-state index >= 15 is 0 Å². The maximum absolute atomic E-state index is 11.9. The average molecular weight is 221 g/mol. The number of nitrogens with zero attached hydrogens (tertiary/aromatic N) is 1. The Balaban J connectivity index is 1.86. The highest BCUT2D eigenvalue weighted by Gasteiger charge is 2.29. The third kappa shape index (κ3) is 2.26. The Kier molecular flexibility index (Phi) is 3.27. The van der Waals surface area contributed by atoms with Crippen LogP contribution in [0.4, 0.5) is 0 Å². The molecule has 2 N–H and O–H groups in total. The molecular weight excluding hydrogens is 202 g/mol. The second-order valence-corrected chi connectivity index (χ2v) is 4.75. The summed E-state index contributed by atoms with van der Waals surface area (Å²) in [4.78, 5) is 11.9. The number of carbonyl (C=O) groups is 1. The summed E-state index contributed by atoms with van der Waals surface area (Å²) < 4.78 is 0. The molecule has 1 saturated carbocycles. The van der Waals surface area contributed by atoms with Gasteiger partial charge in [-0.3, -0.25) is 9.89 Å². The molecule has 0 saturated heterocycles. The van der Waals surface area contributed by atoms with Crippen LogP contribution in [-0.2, 0) is 11.3 Å². The van der Waals surface area contributed by atoms with Crippen LogP contribution in [0.3, 0.4) is 0 Å². The summed E-state index contributed by atoms with van der Waals surface area (Å²) in [7, 11) is 0. The minimum absolute atomic E-state index is 0.200. The molecule has 0 aromatic carbocycles. The largest absolute Gasteiger partial charge is 0.352 e. The van der Waals surface area contributed by atoms with Crippen molar-refractivity contribution < 1.29 is 4.79 Å². The van der Waals surface area contributed by atoms with Gasteiger partial charge in [0.05, 0.1) is 6.20 Å². The quantitative estimate of drug-likeness (QED) is 0.817. The van der Waals surface area contributed by atoms with Gasteiger partial charge in [0.15, 0.2) is 0 Å². The van der Waals surface area contributed by atoms with Crippen LogP contribution < -0.4 is 5.32 Å². The summed E-state index contributed by atoms with van der Waals surface area (Å²) in [6, 6.07) is 0. The highest BCUT2D eigenvalue weighted by atomic mass is 16.1. The Bertz CT molecular complexity index is 372. The van der Waals surface area contributed by atoms with Crippen molar-refractivity contribution in [3.8, 4) is 0 Å². The smallest absolute Gasteiger partial charge is 0.223 e. The van der Waals surface area contributed by atoms with E-state index in [0.29, 0.717) is 12.5 Å². The van der Waals surface area contributed by atoms with Crippen molar-refractivity contribution in [1.29, 1.82) is 0 Å². The summed E-state index contributed by atoms with van der Waals surface area (Å²) >= 11 is 0. The van der Waals surface area contributed by atoms with Crippen LogP contribution in [0.15, 0.2) is 6.20 Å². The molecule has 16 heavy (non-hydrogen) atoms. The van der Waals surface area contributed by atoms with E-state index in [-0.39, 0.29) is 11.8 Å². The molecule has 2 rings (SSSR count). The van der Waals surface area contributed by atoms with Crippen LogP contribution >= 0.6 is 0 Å². The van der Waals surface area contributed by atoms with Crippen molar-refractivity contribution in [2.75, 3.05) is 0 Å². The first kappa shape index (κ1) is 11.2. The normalized spacial score (nSPS) is 24.6. The fraction of sp³-hybridized carbons (Fsp3) is 0.667. The zero-order valence-electron chi connectivity index (χ0n) is 9.92. The molecule has 1 aliphatic rings. The first-order chi connectivity index (χ1) is 7.68. The van der Waals surface area contributed by atoms with Crippen molar-refractivity contribution in [1.82, 2.24) is 15.5 Å². The van der Waals surface area contributed by atoms with Gasteiger partial charge in [0.2, 0.25) is 5.91 Å². The van der Waals surface area contributed by atoms with Gasteiger partial charge < -0.3 is 5.32 Å². The maximum Gasteiger partial charge on any atom is 0.223 e.